The van der Waals surface area contributed by atoms with Gasteiger partial charge in [0.05, 0.1) is 17.1 Å². The average molecular weight is 267 g/mol. The first-order chi connectivity index (χ1) is 9.83. The number of aryl methyl sites for hydroxylation is 1. The zero-order valence-electron chi connectivity index (χ0n) is 11.6. The Morgan fingerprint density at radius 2 is 1.90 bits per heavy atom. The summed E-state index contributed by atoms with van der Waals surface area (Å²) in [6, 6.07) is 6.20. The molecule has 2 aromatic heterocycles. The van der Waals surface area contributed by atoms with Crippen LogP contribution in [0.3, 0.4) is 0 Å². The van der Waals surface area contributed by atoms with Crippen LogP contribution in [0.15, 0.2) is 43.0 Å². The molecule has 0 spiro atoms. The lowest BCUT2D eigenvalue weighted by atomic mass is 10.1. The topological polar surface area (TPSA) is 55.6 Å². The minimum Gasteiger partial charge on any atom is -0.334 e. The minimum absolute atomic E-state index is 0.0522. The van der Waals surface area contributed by atoms with E-state index < -0.39 is 0 Å². The third-order valence-electron chi connectivity index (χ3n) is 3.46. The van der Waals surface area contributed by atoms with Gasteiger partial charge in [-0.3, -0.25) is 9.97 Å². The number of aromatic nitrogens is 4. The zero-order chi connectivity index (χ0) is 13.9. The number of hydrogen-bond donors (Lipinski definition) is 1. The van der Waals surface area contributed by atoms with Gasteiger partial charge in [0.1, 0.15) is 5.82 Å². The van der Waals surface area contributed by atoms with E-state index in [-0.39, 0.29) is 6.04 Å². The number of nitrogens with one attached hydrogen (secondary N) is 1. The Labute approximate surface area is 117 Å². The van der Waals surface area contributed by atoms with E-state index in [9.17, 15) is 0 Å². The normalized spacial score (nSPS) is 12.7. The first-order valence-electron chi connectivity index (χ1n) is 6.72. The van der Waals surface area contributed by atoms with Gasteiger partial charge in [-0.1, -0.05) is 6.07 Å². The van der Waals surface area contributed by atoms with E-state index >= 15 is 0 Å². The van der Waals surface area contributed by atoms with Crippen LogP contribution in [0.1, 0.15) is 24.4 Å². The molecule has 1 aromatic carbocycles. The van der Waals surface area contributed by atoms with E-state index in [1.807, 2.05) is 25.5 Å². The maximum absolute atomic E-state index is 4.48. The highest BCUT2D eigenvalue weighted by Gasteiger charge is 2.17. The molecule has 0 saturated heterocycles. The predicted molar refractivity (Wildman–Crippen MR) is 78.3 cm³/mol. The molecule has 1 atom stereocenters. The molecule has 0 aliphatic rings. The summed E-state index contributed by atoms with van der Waals surface area (Å²) in [5, 5.41) is 3.33. The van der Waals surface area contributed by atoms with E-state index in [0.29, 0.717) is 0 Å². The lowest BCUT2D eigenvalue weighted by molar-refractivity contribution is 0.590. The van der Waals surface area contributed by atoms with Gasteiger partial charge in [-0.05, 0) is 31.7 Å². The van der Waals surface area contributed by atoms with Crippen LogP contribution in [0, 0.1) is 0 Å². The van der Waals surface area contributed by atoms with Gasteiger partial charge in [0, 0.05) is 31.3 Å². The van der Waals surface area contributed by atoms with Crippen molar-refractivity contribution in [3.63, 3.8) is 0 Å². The molecule has 20 heavy (non-hydrogen) atoms. The Hall–Kier alpha value is -2.27. The van der Waals surface area contributed by atoms with Gasteiger partial charge in [0.25, 0.3) is 0 Å². The van der Waals surface area contributed by atoms with Gasteiger partial charge < -0.3 is 9.88 Å². The monoisotopic (exact) mass is 267 g/mol. The van der Waals surface area contributed by atoms with Crippen molar-refractivity contribution in [3.05, 3.63) is 54.4 Å². The van der Waals surface area contributed by atoms with Gasteiger partial charge in [-0.25, -0.2) is 4.98 Å². The second-order valence-corrected chi connectivity index (χ2v) is 4.60. The number of fused-ring (bicyclic) bond motifs is 1. The minimum atomic E-state index is 0.0522. The molecule has 2 heterocycles. The summed E-state index contributed by atoms with van der Waals surface area (Å²) in [4.78, 5) is 13.1. The molecule has 3 aromatic rings. The molecule has 5 heteroatoms. The predicted octanol–water partition coefficient (Wildman–Crippen LogP) is 2.16. The van der Waals surface area contributed by atoms with E-state index in [1.165, 1.54) is 0 Å². The Morgan fingerprint density at radius 3 is 2.65 bits per heavy atom. The molecule has 0 aliphatic carbocycles. The summed E-state index contributed by atoms with van der Waals surface area (Å²) in [5.74, 6) is 1.01. The molecule has 0 radical (unpaired) electrons. The Balaban J connectivity index is 2.07. The number of hydrogen-bond acceptors (Lipinski definition) is 4. The Bertz CT molecular complexity index is 719. The van der Waals surface area contributed by atoms with Gasteiger partial charge in [-0.2, -0.15) is 0 Å². The molecular formula is C15H17N5. The van der Waals surface area contributed by atoms with Gasteiger partial charge in [0.2, 0.25) is 0 Å². The molecule has 5 nitrogen and oxygen atoms in total. The van der Waals surface area contributed by atoms with Crippen LogP contribution >= 0.6 is 0 Å². The molecular weight excluding hydrogens is 250 g/mol. The van der Waals surface area contributed by atoms with Gasteiger partial charge in [0.15, 0.2) is 0 Å². The van der Waals surface area contributed by atoms with Crippen molar-refractivity contribution in [2.75, 3.05) is 7.05 Å². The van der Waals surface area contributed by atoms with Crippen molar-refractivity contribution < 1.29 is 0 Å². The fraction of sp³-hybridized carbons (Fsp3) is 0.267. The van der Waals surface area contributed by atoms with Crippen LogP contribution < -0.4 is 5.32 Å². The summed E-state index contributed by atoms with van der Waals surface area (Å²) in [6.07, 6.45) is 7.26. The largest absolute Gasteiger partial charge is 0.334 e. The first-order valence-corrected chi connectivity index (χ1v) is 6.72. The van der Waals surface area contributed by atoms with Crippen molar-refractivity contribution >= 4 is 11.0 Å². The fourth-order valence-electron chi connectivity index (χ4n) is 2.45. The molecule has 0 amide bonds. The highest BCUT2D eigenvalue weighted by Crippen LogP contribution is 2.23. The van der Waals surface area contributed by atoms with E-state index in [0.717, 1.165) is 29.0 Å². The molecule has 102 valence electrons. The van der Waals surface area contributed by atoms with Crippen molar-refractivity contribution in [2.24, 2.45) is 0 Å². The Morgan fingerprint density at radius 1 is 1.10 bits per heavy atom. The molecule has 1 N–H and O–H groups in total. The van der Waals surface area contributed by atoms with Crippen LogP contribution in [0.5, 0.6) is 0 Å². The number of rotatable bonds is 4. The lowest BCUT2D eigenvalue weighted by Gasteiger charge is -2.17. The van der Waals surface area contributed by atoms with Crippen LogP contribution in [-0.2, 0) is 6.54 Å². The summed E-state index contributed by atoms with van der Waals surface area (Å²) < 4.78 is 2.14. The summed E-state index contributed by atoms with van der Waals surface area (Å²) >= 11 is 0. The molecule has 0 aliphatic heterocycles. The smallest absolute Gasteiger partial charge is 0.130 e. The third-order valence-corrected chi connectivity index (χ3v) is 3.46. The lowest BCUT2D eigenvalue weighted by Crippen LogP contribution is -2.21. The summed E-state index contributed by atoms with van der Waals surface area (Å²) in [6.45, 7) is 3.02. The van der Waals surface area contributed by atoms with Crippen LogP contribution in [0.2, 0.25) is 0 Å². The zero-order valence-corrected chi connectivity index (χ0v) is 11.6. The van der Waals surface area contributed by atoms with Crippen LogP contribution in [-0.4, -0.2) is 26.6 Å². The van der Waals surface area contributed by atoms with Crippen molar-refractivity contribution in [3.8, 4) is 0 Å². The molecule has 3 rings (SSSR count). The standard InChI is InChI=1S/C15H17N5/c1-3-20-9-8-19-15(20)14(16-2)11-4-5-12-13(10-11)18-7-6-17-12/h4-10,14,16H,3H2,1-2H3. The fourth-order valence-corrected chi connectivity index (χ4v) is 2.45. The van der Waals surface area contributed by atoms with Crippen molar-refractivity contribution in [1.82, 2.24) is 24.8 Å². The summed E-state index contributed by atoms with van der Waals surface area (Å²) in [5.41, 5.74) is 2.95. The van der Waals surface area contributed by atoms with Gasteiger partial charge >= 0.3 is 0 Å². The van der Waals surface area contributed by atoms with Gasteiger partial charge in [-0.15, -0.1) is 0 Å². The molecule has 0 fully saturated rings. The third kappa shape index (κ3) is 2.16. The van der Waals surface area contributed by atoms with E-state index in [1.54, 1.807) is 12.4 Å². The second kappa shape index (κ2) is 5.38. The highest BCUT2D eigenvalue weighted by atomic mass is 15.1. The quantitative estimate of drug-likeness (QED) is 0.787. The number of nitrogens with zero attached hydrogens (tertiary/aromatic N) is 4. The van der Waals surface area contributed by atoms with Crippen LogP contribution in [0.25, 0.3) is 11.0 Å². The van der Waals surface area contributed by atoms with E-state index in [4.69, 9.17) is 0 Å². The molecule has 0 saturated carbocycles. The average Bonchev–Trinajstić information content (AvgIpc) is 2.96. The number of imidazole rings is 1. The Kier molecular flexibility index (Phi) is 3.43. The van der Waals surface area contributed by atoms with E-state index in [2.05, 4.69) is 43.9 Å². The second-order valence-electron chi connectivity index (χ2n) is 4.60. The highest BCUT2D eigenvalue weighted by molar-refractivity contribution is 5.74. The molecule has 1 unspecified atom stereocenters. The van der Waals surface area contributed by atoms with Crippen molar-refractivity contribution in [1.29, 1.82) is 0 Å². The van der Waals surface area contributed by atoms with Crippen molar-refractivity contribution in [2.45, 2.75) is 19.5 Å². The number of benzene rings is 1. The van der Waals surface area contributed by atoms with Crippen LogP contribution in [0.4, 0.5) is 0 Å². The first kappa shape index (κ1) is 12.7. The maximum Gasteiger partial charge on any atom is 0.130 e. The maximum atomic E-state index is 4.48. The molecule has 0 bridgehead atoms. The SMILES string of the molecule is CCn1ccnc1C(NC)c1ccc2nccnc2c1. The summed E-state index contributed by atoms with van der Waals surface area (Å²) in [7, 11) is 1.94.